The molecule has 0 spiro atoms. The van der Waals surface area contributed by atoms with Crippen molar-refractivity contribution in [2.24, 2.45) is 5.73 Å². The minimum Gasteiger partial charge on any atom is -0.366 e. The Morgan fingerprint density at radius 3 is 2.30 bits per heavy atom. The van der Waals surface area contributed by atoms with Crippen molar-refractivity contribution in [3.63, 3.8) is 0 Å². The van der Waals surface area contributed by atoms with E-state index in [1.54, 1.807) is 12.4 Å². The molecule has 0 fully saturated rings. The molecule has 0 aliphatic carbocycles. The van der Waals surface area contributed by atoms with Crippen LogP contribution < -0.4 is 5.73 Å². The Bertz CT molecular complexity index is 814. The number of benzene rings is 2. The topological polar surface area (TPSA) is 56.0 Å². The number of primary amides is 1. The molecule has 0 unspecified atom stereocenters. The number of carbonyl (C=O) groups excluding carboxylic acids is 1. The fourth-order valence-electron chi connectivity index (χ4n) is 2.79. The maximum Gasteiger partial charge on any atom is 0.248 e. The number of rotatable bonds is 4. The zero-order valence-corrected chi connectivity index (χ0v) is 12.9. The van der Waals surface area contributed by atoms with Crippen LogP contribution in [0.4, 0.5) is 0 Å². The Labute approximate surface area is 135 Å². The first kappa shape index (κ1) is 15.0. The van der Waals surface area contributed by atoms with Gasteiger partial charge in [0.15, 0.2) is 0 Å². The third-order valence-electron chi connectivity index (χ3n) is 4.10. The van der Waals surface area contributed by atoms with E-state index in [-0.39, 0.29) is 5.92 Å². The molecule has 3 nitrogen and oxygen atoms in total. The molecule has 1 amide bonds. The van der Waals surface area contributed by atoms with E-state index in [1.165, 1.54) is 0 Å². The Balaban J connectivity index is 2.11. The maximum atomic E-state index is 11.8. The molecule has 2 aromatic carbocycles. The quantitative estimate of drug-likeness (QED) is 0.792. The van der Waals surface area contributed by atoms with Crippen molar-refractivity contribution < 1.29 is 4.79 Å². The van der Waals surface area contributed by atoms with E-state index in [1.807, 2.05) is 48.5 Å². The molecular weight excluding hydrogens is 284 g/mol. The van der Waals surface area contributed by atoms with Crippen molar-refractivity contribution in [3.05, 3.63) is 89.7 Å². The van der Waals surface area contributed by atoms with Crippen molar-refractivity contribution in [1.29, 1.82) is 0 Å². The van der Waals surface area contributed by atoms with Gasteiger partial charge in [0.2, 0.25) is 5.91 Å². The van der Waals surface area contributed by atoms with Crippen molar-refractivity contribution in [3.8, 4) is 11.1 Å². The second-order valence-electron chi connectivity index (χ2n) is 5.53. The van der Waals surface area contributed by atoms with Crippen LogP contribution in [0.15, 0.2) is 73.1 Å². The highest BCUT2D eigenvalue weighted by molar-refractivity contribution is 5.95. The molecular formula is C20H18N2O. The predicted octanol–water partition coefficient (Wildman–Crippen LogP) is 4.00. The highest BCUT2D eigenvalue weighted by atomic mass is 16.1. The van der Waals surface area contributed by atoms with Gasteiger partial charge in [-0.3, -0.25) is 9.78 Å². The van der Waals surface area contributed by atoms with Gasteiger partial charge in [0, 0.05) is 23.9 Å². The Hall–Kier alpha value is -2.94. The number of aromatic nitrogens is 1. The van der Waals surface area contributed by atoms with E-state index in [4.69, 9.17) is 5.73 Å². The summed E-state index contributed by atoms with van der Waals surface area (Å²) in [6.45, 7) is 2.09. The summed E-state index contributed by atoms with van der Waals surface area (Å²) in [5.41, 5.74) is 10.4. The molecule has 3 aromatic rings. The summed E-state index contributed by atoms with van der Waals surface area (Å²) >= 11 is 0. The molecule has 0 aliphatic rings. The van der Waals surface area contributed by atoms with E-state index in [0.717, 1.165) is 22.3 Å². The largest absolute Gasteiger partial charge is 0.366 e. The van der Waals surface area contributed by atoms with Crippen LogP contribution >= 0.6 is 0 Å². The lowest BCUT2D eigenvalue weighted by atomic mass is 9.87. The van der Waals surface area contributed by atoms with Gasteiger partial charge in [0.25, 0.3) is 0 Å². The van der Waals surface area contributed by atoms with Gasteiger partial charge < -0.3 is 5.73 Å². The third kappa shape index (κ3) is 3.14. The Morgan fingerprint density at radius 2 is 1.65 bits per heavy atom. The molecule has 3 rings (SSSR count). The van der Waals surface area contributed by atoms with Gasteiger partial charge in [-0.1, -0.05) is 43.3 Å². The first-order valence-corrected chi connectivity index (χ1v) is 7.56. The van der Waals surface area contributed by atoms with Gasteiger partial charge in [-0.15, -0.1) is 0 Å². The van der Waals surface area contributed by atoms with Crippen LogP contribution in [-0.2, 0) is 0 Å². The number of pyridine rings is 1. The molecule has 0 bridgehead atoms. The van der Waals surface area contributed by atoms with Crippen LogP contribution in [0.25, 0.3) is 11.1 Å². The molecule has 0 radical (unpaired) electrons. The number of hydrogen-bond donors (Lipinski definition) is 1. The van der Waals surface area contributed by atoms with Gasteiger partial charge in [-0.25, -0.2) is 0 Å². The summed E-state index contributed by atoms with van der Waals surface area (Å²) in [6.07, 6.45) is 3.52. The van der Waals surface area contributed by atoms with Crippen molar-refractivity contribution in [2.45, 2.75) is 12.8 Å². The molecule has 1 aromatic heterocycles. The number of hydrogen-bond acceptors (Lipinski definition) is 2. The zero-order chi connectivity index (χ0) is 16.2. The van der Waals surface area contributed by atoms with E-state index in [2.05, 4.69) is 24.0 Å². The normalized spacial score (nSPS) is 11.9. The summed E-state index contributed by atoms with van der Waals surface area (Å²) < 4.78 is 0. The molecule has 114 valence electrons. The van der Waals surface area contributed by atoms with Crippen LogP contribution in [0.1, 0.15) is 34.3 Å². The summed E-state index contributed by atoms with van der Waals surface area (Å²) in [4.78, 5) is 15.9. The minimum absolute atomic E-state index is 0.0838. The highest BCUT2D eigenvalue weighted by Crippen LogP contribution is 2.30. The molecule has 0 saturated heterocycles. The number of nitrogens with zero attached hydrogens (tertiary/aromatic N) is 1. The average Bonchev–Trinajstić information content (AvgIpc) is 2.62. The molecule has 1 atom stereocenters. The second-order valence-corrected chi connectivity index (χ2v) is 5.53. The van der Waals surface area contributed by atoms with E-state index in [9.17, 15) is 4.79 Å². The number of nitrogens with two attached hydrogens (primary N) is 1. The van der Waals surface area contributed by atoms with Gasteiger partial charge in [0.05, 0.1) is 0 Å². The minimum atomic E-state index is -0.399. The van der Waals surface area contributed by atoms with Crippen molar-refractivity contribution >= 4 is 5.91 Å². The van der Waals surface area contributed by atoms with Crippen LogP contribution in [0.2, 0.25) is 0 Å². The number of carbonyl (C=O) groups is 1. The van der Waals surface area contributed by atoms with Gasteiger partial charge >= 0.3 is 0 Å². The Morgan fingerprint density at radius 1 is 0.957 bits per heavy atom. The maximum absolute atomic E-state index is 11.8. The smallest absolute Gasteiger partial charge is 0.248 e. The standard InChI is InChI=1S/C20H18N2O/c1-14(15-5-3-2-4-6-15)19-13-17(7-8-18(19)20(21)23)16-9-11-22-12-10-16/h2-14H,1H3,(H2,21,23)/t14-/m0/s1. The first-order valence-electron chi connectivity index (χ1n) is 7.56. The first-order chi connectivity index (χ1) is 11.2. The lowest BCUT2D eigenvalue weighted by Crippen LogP contribution is -2.15. The molecule has 1 heterocycles. The van der Waals surface area contributed by atoms with Gasteiger partial charge in [-0.2, -0.15) is 0 Å². The fraction of sp³-hybridized carbons (Fsp3) is 0.100. The lowest BCUT2D eigenvalue weighted by Gasteiger charge is -2.17. The summed E-state index contributed by atoms with van der Waals surface area (Å²) in [5.74, 6) is -0.315. The van der Waals surface area contributed by atoms with E-state index in [0.29, 0.717) is 5.56 Å². The van der Waals surface area contributed by atoms with Gasteiger partial charge in [-0.05, 0) is 46.5 Å². The van der Waals surface area contributed by atoms with Crippen LogP contribution in [0.3, 0.4) is 0 Å². The van der Waals surface area contributed by atoms with Crippen LogP contribution in [-0.4, -0.2) is 10.9 Å². The predicted molar refractivity (Wildman–Crippen MR) is 92.1 cm³/mol. The second kappa shape index (κ2) is 6.44. The Kier molecular flexibility index (Phi) is 4.20. The molecule has 0 saturated carbocycles. The van der Waals surface area contributed by atoms with Crippen LogP contribution in [0.5, 0.6) is 0 Å². The SMILES string of the molecule is C[C@@H](c1ccccc1)c1cc(-c2ccncc2)ccc1C(N)=O. The molecule has 3 heteroatoms. The summed E-state index contributed by atoms with van der Waals surface area (Å²) in [5, 5.41) is 0. The lowest BCUT2D eigenvalue weighted by molar-refractivity contribution is 0.0999. The zero-order valence-electron chi connectivity index (χ0n) is 12.9. The van der Waals surface area contributed by atoms with Gasteiger partial charge in [0.1, 0.15) is 0 Å². The van der Waals surface area contributed by atoms with Crippen molar-refractivity contribution in [2.75, 3.05) is 0 Å². The third-order valence-corrected chi connectivity index (χ3v) is 4.10. The molecule has 0 aliphatic heterocycles. The summed E-state index contributed by atoms with van der Waals surface area (Å²) in [7, 11) is 0. The fourth-order valence-corrected chi connectivity index (χ4v) is 2.79. The van der Waals surface area contributed by atoms with Crippen molar-refractivity contribution in [1.82, 2.24) is 4.98 Å². The molecule has 2 N–H and O–H groups in total. The highest BCUT2D eigenvalue weighted by Gasteiger charge is 2.17. The average molecular weight is 302 g/mol. The monoisotopic (exact) mass is 302 g/mol. The number of amides is 1. The summed E-state index contributed by atoms with van der Waals surface area (Å²) in [6, 6.07) is 19.8. The van der Waals surface area contributed by atoms with Crippen LogP contribution in [0, 0.1) is 0 Å². The van der Waals surface area contributed by atoms with E-state index >= 15 is 0 Å². The van der Waals surface area contributed by atoms with E-state index < -0.39 is 5.91 Å². The molecule has 23 heavy (non-hydrogen) atoms.